The van der Waals surface area contributed by atoms with Crippen LogP contribution in [0.3, 0.4) is 0 Å². The summed E-state index contributed by atoms with van der Waals surface area (Å²) in [5.74, 6) is -1.07. The monoisotopic (exact) mass is 725 g/mol. The van der Waals surface area contributed by atoms with Gasteiger partial charge >= 0.3 is 17.9 Å². The lowest BCUT2D eigenvalue weighted by Gasteiger charge is -2.18. The summed E-state index contributed by atoms with van der Waals surface area (Å²) in [6.45, 7) is 6.32. The van der Waals surface area contributed by atoms with Crippen LogP contribution in [0.25, 0.3) is 0 Å². The standard InChI is InChI=1S/C46H76O6/c1-4-7-10-13-16-19-22-23-25-27-30-33-36-39-45(48)51-42-43(41-50-44(47)38-35-32-29-26-21-18-15-12-9-6-3)52-46(49)40-37-34-31-28-24-20-17-14-11-8-5-2/h8,11,15,17-18,20,23,25,28,30-31,33,43H,4-7,9-10,12-14,16,19,21-22,24,26-27,29,32,34-42H2,1-3H3/b11-8-,18-15-,20-17-,25-23-,31-28-,33-30-. The fourth-order valence-corrected chi connectivity index (χ4v) is 5.26. The van der Waals surface area contributed by atoms with Crippen LogP contribution in [0.2, 0.25) is 0 Å². The van der Waals surface area contributed by atoms with Gasteiger partial charge in [-0.15, -0.1) is 0 Å². The van der Waals surface area contributed by atoms with Crippen molar-refractivity contribution in [1.82, 2.24) is 0 Å². The molecule has 0 heterocycles. The number of carbonyl (C=O) groups is 3. The van der Waals surface area contributed by atoms with Crippen LogP contribution in [-0.2, 0) is 28.6 Å². The number of allylic oxidation sites excluding steroid dienone is 12. The van der Waals surface area contributed by atoms with E-state index < -0.39 is 6.10 Å². The third kappa shape index (κ3) is 38.1. The van der Waals surface area contributed by atoms with E-state index in [2.05, 4.69) is 87.6 Å². The van der Waals surface area contributed by atoms with Gasteiger partial charge in [-0.25, -0.2) is 0 Å². The van der Waals surface area contributed by atoms with E-state index in [1.54, 1.807) is 0 Å². The predicted molar refractivity (Wildman–Crippen MR) is 219 cm³/mol. The van der Waals surface area contributed by atoms with E-state index in [-0.39, 0.29) is 44.0 Å². The molecule has 0 aliphatic heterocycles. The Labute approximate surface area is 319 Å². The van der Waals surface area contributed by atoms with Gasteiger partial charge < -0.3 is 14.2 Å². The Hall–Kier alpha value is -3.15. The van der Waals surface area contributed by atoms with Crippen LogP contribution in [0.5, 0.6) is 0 Å². The number of esters is 3. The average molecular weight is 725 g/mol. The zero-order valence-corrected chi connectivity index (χ0v) is 33.5. The molecule has 0 fully saturated rings. The third-order valence-corrected chi connectivity index (χ3v) is 8.43. The number of ether oxygens (including phenoxy) is 3. The van der Waals surface area contributed by atoms with Gasteiger partial charge in [-0.05, 0) is 83.5 Å². The summed E-state index contributed by atoms with van der Waals surface area (Å²) in [7, 11) is 0. The zero-order chi connectivity index (χ0) is 38.0. The van der Waals surface area contributed by atoms with Crippen molar-refractivity contribution in [3.8, 4) is 0 Å². The van der Waals surface area contributed by atoms with Gasteiger partial charge in [0.1, 0.15) is 13.2 Å². The van der Waals surface area contributed by atoms with E-state index in [9.17, 15) is 14.4 Å². The highest BCUT2D eigenvalue weighted by Crippen LogP contribution is 2.10. The molecule has 6 nitrogen and oxygen atoms in total. The first-order valence-electron chi connectivity index (χ1n) is 20.9. The quantitative estimate of drug-likeness (QED) is 0.0277. The molecule has 0 aliphatic carbocycles. The molecule has 0 radical (unpaired) electrons. The highest BCUT2D eigenvalue weighted by atomic mass is 16.6. The summed E-state index contributed by atoms with van der Waals surface area (Å²) >= 11 is 0. The van der Waals surface area contributed by atoms with E-state index in [4.69, 9.17) is 14.2 Å². The molecule has 0 saturated carbocycles. The first-order valence-corrected chi connectivity index (χ1v) is 20.9. The highest BCUT2D eigenvalue weighted by Gasteiger charge is 2.19. The van der Waals surface area contributed by atoms with E-state index in [1.165, 1.54) is 51.4 Å². The fraction of sp³-hybridized carbons (Fsp3) is 0.674. The first-order chi connectivity index (χ1) is 25.5. The van der Waals surface area contributed by atoms with Gasteiger partial charge in [0.25, 0.3) is 0 Å². The Morgan fingerprint density at radius 1 is 0.404 bits per heavy atom. The molecule has 1 atom stereocenters. The van der Waals surface area contributed by atoms with E-state index in [1.807, 2.05) is 6.08 Å². The van der Waals surface area contributed by atoms with Crippen molar-refractivity contribution in [2.45, 2.75) is 187 Å². The van der Waals surface area contributed by atoms with Gasteiger partial charge in [0.15, 0.2) is 6.10 Å². The molecule has 6 heteroatoms. The largest absolute Gasteiger partial charge is 0.462 e. The van der Waals surface area contributed by atoms with E-state index in [0.29, 0.717) is 19.3 Å². The lowest BCUT2D eigenvalue weighted by atomic mass is 10.1. The Morgan fingerprint density at radius 2 is 0.827 bits per heavy atom. The van der Waals surface area contributed by atoms with Crippen molar-refractivity contribution in [3.05, 3.63) is 72.9 Å². The van der Waals surface area contributed by atoms with Crippen LogP contribution < -0.4 is 0 Å². The Morgan fingerprint density at radius 3 is 1.42 bits per heavy atom. The molecule has 0 aromatic rings. The number of hydrogen-bond donors (Lipinski definition) is 0. The third-order valence-electron chi connectivity index (χ3n) is 8.43. The molecule has 0 amide bonds. The minimum absolute atomic E-state index is 0.120. The summed E-state index contributed by atoms with van der Waals surface area (Å²) < 4.78 is 16.5. The van der Waals surface area contributed by atoms with Crippen LogP contribution in [0, 0.1) is 0 Å². The van der Waals surface area contributed by atoms with Crippen molar-refractivity contribution in [1.29, 1.82) is 0 Å². The second-order valence-electron chi connectivity index (χ2n) is 13.5. The maximum atomic E-state index is 12.6. The van der Waals surface area contributed by atoms with Crippen molar-refractivity contribution < 1.29 is 28.6 Å². The summed E-state index contributed by atoms with van der Waals surface area (Å²) in [6.07, 6.45) is 49.1. The first kappa shape index (κ1) is 48.9. The zero-order valence-electron chi connectivity index (χ0n) is 33.5. The SMILES string of the molecule is CC/C=C\C/C=C\C/C=C\CCCC(=O)OC(COC(=O)CC/C=C\C/C=C\CCCCCCCC)COC(=O)CCCCCC/C=C\CCCC. The Kier molecular flexibility index (Phi) is 38.2. The van der Waals surface area contributed by atoms with Crippen LogP contribution in [0.1, 0.15) is 181 Å². The number of hydrogen-bond acceptors (Lipinski definition) is 6. The second kappa shape index (κ2) is 40.6. The van der Waals surface area contributed by atoms with Crippen LogP contribution >= 0.6 is 0 Å². The van der Waals surface area contributed by atoms with Gasteiger partial charge in [0.2, 0.25) is 0 Å². The molecule has 0 saturated heterocycles. The normalized spacial score (nSPS) is 12.8. The Balaban J connectivity index is 4.55. The minimum Gasteiger partial charge on any atom is -0.462 e. The van der Waals surface area contributed by atoms with E-state index in [0.717, 1.165) is 77.0 Å². The Bertz CT molecular complexity index is 1020. The summed E-state index contributed by atoms with van der Waals surface area (Å²) in [5, 5.41) is 0. The molecule has 52 heavy (non-hydrogen) atoms. The fourth-order valence-electron chi connectivity index (χ4n) is 5.26. The van der Waals surface area contributed by atoms with Gasteiger partial charge in [-0.1, -0.05) is 151 Å². The summed E-state index contributed by atoms with van der Waals surface area (Å²) in [4.78, 5) is 37.5. The second-order valence-corrected chi connectivity index (χ2v) is 13.5. The molecule has 0 N–H and O–H groups in total. The smallest absolute Gasteiger partial charge is 0.306 e. The van der Waals surface area contributed by atoms with Gasteiger partial charge in [0, 0.05) is 19.3 Å². The average Bonchev–Trinajstić information content (AvgIpc) is 3.14. The molecule has 0 aromatic carbocycles. The van der Waals surface area contributed by atoms with Crippen LogP contribution in [0.15, 0.2) is 72.9 Å². The van der Waals surface area contributed by atoms with Crippen molar-refractivity contribution in [2.24, 2.45) is 0 Å². The summed E-state index contributed by atoms with van der Waals surface area (Å²) in [5.41, 5.74) is 0. The molecule has 0 aromatic heterocycles. The lowest BCUT2D eigenvalue weighted by Crippen LogP contribution is -2.30. The highest BCUT2D eigenvalue weighted by molar-refractivity contribution is 5.71. The van der Waals surface area contributed by atoms with Crippen molar-refractivity contribution >= 4 is 17.9 Å². The number of unbranched alkanes of at least 4 members (excludes halogenated alkanes) is 13. The molecule has 0 aliphatic rings. The lowest BCUT2D eigenvalue weighted by molar-refractivity contribution is -0.166. The van der Waals surface area contributed by atoms with Gasteiger partial charge in [0.05, 0.1) is 0 Å². The maximum Gasteiger partial charge on any atom is 0.306 e. The molecular weight excluding hydrogens is 648 g/mol. The minimum atomic E-state index is -0.824. The molecule has 0 spiro atoms. The topological polar surface area (TPSA) is 78.9 Å². The maximum absolute atomic E-state index is 12.6. The number of rotatable bonds is 36. The molecule has 0 rings (SSSR count). The molecule has 1 unspecified atom stereocenters. The van der Waals surface area contributed by atoms with Crippen LogP contribution in [-0.4, -0.2) is 37.2 Å². The van der Waals surface area contributed by atoms with Crippen molar-refractivity contribution in [2.75, 3.05) is 13.2 Å². The summed E-state index contributed by atoms with van der Waals surface area (Å²) in [6, 6.07) is 0. The predicted octanol–water partition coefficient (Wildman–Crippen LogP) is 13.1. The number of carbonyl (C=O) groups excluding carboxylic acids is 3. The van der Waals surface area contributed by atoms with E-state index >= 15 is 0 Å². The van der Waals surface area contributed by atoms with Gasteiger partial charge in [-0.3, -0.25) is 14.4 Å². The molecular formula is C46H76O6. The van der Waals surface area contributed by atoms with Crippen LogP contribution in [0.4, 0.5) is 0 Å². The molecule has 0 bridgehead atoms. The molecule has 296 valence electrons. The van der Waals surface area contributed by atoms with Gasteiger partial charge in [-0.2, -0.15) is 0 Å². The van der Waals surface area contributed by atoms with Crippen molar-refractivity contribution in [3.63, 3.8) is 0 Å².